The van der Waals surface area contributed by atoms with Gasteiger partial charge in [0, 0.05) is 29.4 Å². The molecule has 0 fully saturated rings. The first-order valence-corrected chi connectivity index (χ1v) is 6.76. The van der Waals surface area contributed by atoms with E-state index in [1.807, 2.05) is 0 Å². The second-order valence-corrected chi connectivity index (χ2v) is 4.62. The zero-order valence-corrected chi connectivity index (χ0v) is 12.2. The van der Waals surface area contributed by atoms with Crippen LogP contribution < -0.4 is 5.32 Å². The number of aromatic amines is 1. The van der Waals surface area contributed by atoms with Crippen LogP contribution >= 0.6 is 0 Å². The molecule has 1 aromatic heterocycles. The second-order valence-electron chi connectivity index (χ2n) is 4.62. The SMILES string of the molecule is C#Cc1ccc(C(=O)N[C@H](Cc2cnc[nH]2)C(=O)OCO)cc1. The first-order chi connectivity index (χ1) is 11.1. The van der Waals surface area contributed by atoms with Gasteiger partial charge >= 0.3 is 5.97 Å². The number of hydrogen-bond acceptors (Lipinski definition) is 5. The largest absolute Gasteiger partial charge is 0.437 e. The molecule has 1 heterocycles. The lowest BCUT2D eigenvalue weighted by Crippen LogP contribution is -2.43. The maximum Gasteiger partial charge on any atom is 0.331 e. The Morgan fingerprint density at radius 1 is 1.39 bits per heavy atom. The minimum atomic E-state index is -0.956. The van der Waals surface area contributed by atoms with Crippen LogP contribution in [0.1, 0.15) is 21.6 Å². The highest BCUT2D eigenvalue weighted by Crippen LogP contribution is 2.06. The number of hydrogen-bond donors (Lipinski definition) is 3. The number of esters is 1. The molecule has 0 saturated heterocycles. The van der Waals surface area contributed by atoms with Crippen molar-refractivity contribution >= 4 is 11.9 Å². The Kier molecular flexibility index (Phi) is 5.50. The van der Waals surface area contributed by atoms with E-state index in [1.54, 1.807) is 24.3 Å². The fourth-order valence-corrected chi connectivity index (χ4v) is 1.93. The summed E-state index contributed by atoms with van der Waals surface area (Å²) in [4.78, 5) is 30.8. The lowest BCUT2D eigenvalue weighted by Gasteiger charge is -2.16. The van der Waals surface area contributed by atoms with Crippen LogP contribution in [0.4, 0.5) is 0 Å². The van der Waals surface area contributed by atoms with Crippen molar-refractivity contribution in [1.29, 1.82) is 0 Å². The highest BCUT2D eigenvalue weighted by atomic mass is 16.6. The van der Waals surface area contributed by atoms with Gasteiger partial charge in [-0.2, -0.15) is 0 Å². The average Bonchev–Trinajstić information content (AvgIpc) is 3.07. The van der Waals surface area contributed by atoms with Crippen molar-refractivity contribution < 1.29 is 19.4 Å². The topological polar surface area (TPSA) is 104 Å². The number of rotatable bonds is 6. The van der Waals surface area contributed by atoms with Gasteiger partial charge in [0.1, 0.15) is 6.04 Å². The molecular weight excluding hydrogens is 298 g/mol. The lowest BCUT2D eigenvalue weighted by atomic mass is 10.1. The van der Waals surface area contributed by atoms with Crippen molar-refractivity contribution in [2.45, 2.75) is 12.5 Å². The third kappa shape index (κ3) is 4.43. The molecule has 0 aliphatic rings. The van der Waals surface area contributed by atoms with Crippen molar-refractivity contribution in [2.24, 2.45) is 0 Å². The van der Waals surface area contributed by atoms with E-state index in [2.05, 4.69) is 25.9 Å². The second kappa shape index (κ2) is 7.77. The molecule has 0 radical (unpaired) electrons. The zero-order valence-electron chi connectivity index (χ0n) is 12.2. The van der Waals surface area contributed by atoms with E-state index in [-0.39, 0.29) is 6.42 Å². The van der Waals surface area contributed by atoms with Crippen LogP contribution in [0.2, 0.25) is 0 Å². The number of aliphatic hydroxyl groups excluding tert-OH is 1. The molecule has 0 aliphatic carbocycles. The van der Waals surface area contributed by atoms with Crippen LogP contribution in [0.3, 0.4) is 0 Å². The molecule has 0 saturated carbocycles. The molecule has 1 amide bonds. The monoisotopic (exact) mass is 313 g/mol. The van der Waals surface area contributed by atoms with Crippen LogP contribution in [0.25, 0.3) is 0 Å². The van der Waals surface area contributed by atoms with Gasteiger partial charge < -0.3 is 20.1 Å². The normalized spacial score (nSPS) is 11.3. The smallest absolute Gasteiger partial charge is 0.331 e. The summed E-state index contributed by atoms with van der Waals surface area (Å²) in [5.41, 5.74) is 1.65. The van der Waals surface area contributed by atoms with Crippen LogP contribution in [0, 0.1) is 12.3 Å². The van der Waals surface area contributed by atoms with Crippen molar-refractivity contribution in [3.8, 4) is 12.3 Å². The number of amides is 1. The number of aliphatic hydroxyl groups is 1. The molecule has 0 aliphatic heterocycles. The molecule has 0 spiro atoms. The minimum Gasteiger partial charge on any atom is -0.437 e. The Balaban J connectivity index is 2.10. The predicted octanol–water partition coefficient (Wildman–Crippen LogP) is 0.225. The predicted molar refractivity (Wildman–Crippen MR) is 81.1 cm³/mol. The first kappa shape index (κ1) is 16.3. The molecule has 0 bridgehead atoms. The molecule has 1 atom stereocenters. The van der Waals surface area contributed by atoms with Crippen molar-refractivity contribution in [2.75, 3.05) is 6.79 Å². The standard InChI is InChI=1S/C16H15N3O4/c1-2-11-3-5-12(6-4-11)15(21)19-14(16(22)23-10-20)7-13-8-17-9-18-13/h1,3-6,8-9,14,20H,7,10H2,(H,17,18)(H,19,21)/t14-/m1/s1. The highest BCUT2D eigenvalue weighted by molar-refractivity contribution is 5.96. The van der Waals surface area contributed by atoms with Gasteiger partial charge in [-0.1, -0.05) is 5.92 Å². The molecule has 118 valence electrons. The quantitative estimate of drug-likeness (QED) is 0.402. The number of aromatic nitrogens is 2. The van der Waals surface area contributed by atoms with Gasteiger partial charge in [0.2, 0.25) is 0 Å². The Bertz CT molecular complexity index is 702. The van der Waals surface area contributed by atoms with Gasteiger partial charge in [0.25, 0.3) is 5.91 Å². The molecule has 0 unspecified atom stereocenters. The molecule has 3 N–H and O–H groups in total. The highest BCUT2D eigenvalue weighted by Gasteiger charge is 2.23. The van der Waals surface area contributed by atoms with E-state index in [1.165, 1.54) is 12.5 Å². The first-order valence-electron chi connectivity index (χ1n) is 6.76. The third-order valence-corrected chi connectivity index (χ3v) is 3.09. The fourth-order valence-electron chi connectivity index (χ4n) is 1.93. The van der Waals surface area contributed by atoms with Crippen molar-refractivity contribution in [3.63, 3.8) is 0 Å². The molecule has 7 nitrogen and oxygen atoms in total. The van der Waals surface area contributed by atoms with Crippen LogP contribution in [0.5, 0.6) is 0 Å². The number of imidazole rings is 1. The van der Waals surface area contributed by atoms with Crippen LogP contribution in [0.15, 0.2) is 36.8 Å². The van der Waals surface area contributed by atoms with Gasteiger partial charge in [0.05, 0.1) is 6.33 Å². The fraction of sp³-hybridized carbons (Fsp3) is 0.188. The van der Waals surface area contributed by atoms with E-state index in [0.29, 0.717) is 16.8 Å². The number of nitrogens with zero attached hydrogens (tertiary/aromatic N) is 1. The van der Waals surface area contributed by atoms with Gasteiger partial charge in [-0.3, -0.25) is 4.79 Å². The summed E-state index contributed by atoms with van der Waals surface area (Å²) in [7, 11) is 0. The summed E-state index contributed by atoms with van der Waals surface area (Å²) in [5, 5.41) is 11.3. The number of benzene rings is 1. The molecule has 1 aromatic carbocycles. The number of terminal acetylenes is 1. The number of ether oxygens (including phenoxy) is 1. The summed E-state index contributed by atoms with van der Waals surface area (Å²) in [6.07, 6.45) is 8.42. The van der Waals surface area contributed by atoms with E-state index in [0.717, 1.165) is 0 Å². The minimum absolute atomic E-state index is 0.160. The van der Waals surface area contributed by atoms with Crippen LogP contribution in [-0.4, -0.2) is 39.8 Å². The molecule has 7 heteroatoms. The Morgan fingerprint density at radius 2 is 2.13 bits per heavy atom. The van der Waals surface area contributed by atoms with Gasteiger partial charge in [-0.05, 0) is 24.3 Å². The van der Waals surface area contributed by atoms with Gasteiger partial charge in [-0.25, -0.2) is 9.78 Å². The average molecular weight is 313 g/mol. The van der Waals surface area contributed by atoms with E-state index in [4.69, 9.17) is 11.5 Å². The Labute approximate surface area is 132 Å². The van der Waals surface area contributed by atoms with Crippen LogP contribution in [-0.2, 0) is 16.0 Å². The molecule has 2 aromatic rings. The summed E-state index contributed by atoms with van der Waals surface area (Å²) in [5.74, 6) is 1.26. The number of nitrogens with one attached hydrogen (secondary N) is 2. The maximum absolute atomic E-state index is 12.2. The number of H-pyrrole nitrogens is 1. The van der Waals surface area contributed by atoms with Crippen molar-refractivity contribution in [3.05, 3.63) is 53.6 Å². The Hall–Kier alpha value is -3.11. The number of carbonyl (C=O) groups is 2. The van der Waals surface area contributed by atoms with E-state index < -0.39 is 24.7 Å². The number of carbonyl (C=O) groups excluding carboxylic acids is 2. The summed E-state index contributed by atoms with van der Waals surface area (Å²) in [6, 6.07) is 5.43. The van der Waals surface area contributed by atoms with Gasteiger partial charge in [-0.15, -0.1) is 6.42 Å². The molecule has 2 rings (SSSR count). The molecule has 23 heavy (non-hydrogen) atoms. The summed E-state index contributed by atoms with van der Waals surface area (Å²) in [6.45, 7) is -0.759. The lowest BCUT2D eigenvalue weighted by molar-refractivity contribution is -0.154. The zero-order chi connectivity index (χ0) is 16.7. The van der Waals surface area contributed by atoms with Gasteiger partial charge in [0.15, 0.2) is 6.79 Å². The third-order valence-electron chi connectivity index (χ3n) is 3.09. The van der Waals surface area contributed by atoms with Crippen molar-refractivity contribution in [1.82, 2.24) is 15.3 Å². The summed E-state index contributed by atoms with van der Waals surface area (Å²) >= 11 is 0. The van der Waals surface area contributed by atoms with E-state index in [9.17, 15) is 9.59 Å². The Morgan fingerprint density at radius 3 is 2.70 bits per heavy atom. The maximum atomic E-state index is 12.2. The molecular formula is C16H15N3O4. The summed E-state index contributed by atoms with van der Waals surface area (Å²) < 4.78 is 4.57. The van der Waals surface area contributed by atoms with E-state index >= 15 is 0 Å².